The Labute approximate surface area is 171 Å². The van der Waals surface area contributed by atoms with Gasteiger partial charge >= 0.3 is 5.97 Å². The third-order valence-electron chi connectivity index (χ3n) is 4.38. The first-order valence-electron chi connectivity index (χ1n) is 9.63. The molecule has 1 aromatic heterocycles. The van der Waals surface area contributed by atoms with Crippen LogP contribution in [0.5, 0.6) is 0 Å². The lowest BCUT2D eigenvalue weighted by Crippen LogP contribution is -2.47. The van der Waals surface area contributed by atoms with E-state index in [0.717, 1.165) is 16.9 Å². The molecule has 1 aromatic carbocycles. The first kappa shape index (κ1) is 22.8. The summed E-state index contributed by atoms with van der Waals surface area (Å²) in [5, 5.41) is 12.1. The number of nitrogens with zero attached hydrogens (tertiary/aromatic N) is 1. The van der Waals surface area contributed by atoms with Crippen LogP contribution < -0.4 is 10.2 Å². The first-order valence-corrected chi connectivity index (χ1v) is 11.0. The van der Waals surface area contributed by atoms with E-state index in [2.05, 4.69) is 10.1 Å². The van der Waals surface area contributed by atoms with Crippen molar-refractivity contribution in [2.45, 2.75) is 45.7 Å². The molecule has 29 heavy (non-hydrogen) atoms. The van der Waals surface area contributed by atoms with Gasteiger partial charge in [-0.3, -0.25) is 4.79 Å². The van der Waals surface area contributed by atoms with Gasteiger partial charge in [-0.2, -0.15) is 0 Å². The molecule has 7 nitrogen and oxygen atoms in total. The Bertz CT molecular complexity index is 831. The van der Waals surface area contributed by atoms with Crippen molar-refractivity contribution in [2.24, 2.45) is 10.7 Å². The van der Waals surface area contributed by atoms with Crippen molar-refractivity contribution in [3.8, 4) is 11.3 Å². The molecule has 3 atom stereocenters. The van der Waals surface area contributed by atoms with Crippen molar-refractivity contribution in [3.05, 3.63) is 48.2 Å². The maximum atomic E-state index is 12.6. The second-order valence-corrected chi connectivity index (χ2v) is 8.54. The fourth-order valence-corrected chi connectivity index (χ4v) is 3.96. The highest BCUT2D eigenvalue weighted by atomic mass is 31.1. The average molecular weight is 418 g/mol. The summed E-state index contributed by atoms with van der Waals surface area (Å²) in [5.41, 5.74) is 1.65. The highest BCUT2D eigenvalue weighted by molar-refractivity contribution is 7.39. The predicted octanol–water partition coefficient (Wildman–Crippen LogP) is 3.43. The van der Waals surface area contributed by atoms with Gasteiger partial charge < -0.3 is 19.7 Å². The second kappa shape index (κ2) is 10.9. The van der Waals surface area contributed by atoms with Crippen LogP contribution in [0.2, 0.25) is 0 Å². The number of amides is 1. The molecular formula is C21H27N2O5P. The summed E-state index contributed by atoms with van der Waals surface area (Å²) >= 11 is 0. The van der Waals surface area contributed by atoms with E-state index in [1.807, 2.05) is 37.3 Å². The number of carboxylic acids is 1. The molecule has 2 aromatic rings. The molecule has 1 heterocycles. The second-order valence-electron chi connectivity index (χ2n) is 7.16. The molecule has 8 heteroatoms. The van der Waals surface area contributed by atoms with Crippen LogP contribution in [0.1, 0.15) is 32.8 Å². The van der Waals surface area contributed by atoms with Crippen molar-refractivity contribution in [1.82, 2.24) is 5.32 Å². The van der Waals surface area contributed by atoms with Crippen LogP contribution >= 0.6 is 7.94 Å². The molecule has 2 N–H and O–H groups in total. The Balaban J connectivity index is 2.09. The number of carboxylic acid groups (broad SMARTS) is 1. The fourth-order valence-electron chi connectivity index (χ4n) is 2.82. The zero-order chi connectivity index (χ0) is 21.4. The molecule has 0 spiro atoms. The number of hydrogen-bond donors (Lipinski definition) is 2. The van der Waals surface area contributed by atoms with Crippen LogP contribution in [0, 0.1) is 5.92 Å². The number of nitrogens with one attached hydrogen (secondary N) is 1. The Morgan fingerprint density at radius 1 is 1.24 bits per heavy atom. The Kier molecular flexibility index (Phi) is 8.55. The molecule has 156 valence electrons. The number of carbonyl (C=O) groups excluding carboxylic acids is 1. The molecular weight excluding hydrogens is 391 g/mol. The molecule has 0 aliphatic heterocycles. The van der Waals surface area contributed by atoms with E-state index in [4.69, 9.17) is 4.42 Å². The van der Waals surface area contributed by atoms with Gasteiger partial charge in [-0.25, -0.2) is 4.79 Å². The number of rotatable bonds is 10. The van der Waals surface area contributed by atoms with E-state index < -0.39 is 31.9 Å². The monoisotopic (exact) mass is 418 g/mol. The summed E-state index contributed by atoms with van der Waals surface area (Å²) in [6.07, 6.45) is 2.84. The lowest BCUT2D eigenvalue weighted by atomic mass is 10.0. The van der Waals surface area contributed by atoms with Crippen LogP contribution in [-0.2, 0) is 16.0 Å². The minimum atomic E-state index is -1.84. The van der Waals surface area contributed by atoms with Gasteiger partial charge in [0.05, 0.1) is 6.26 Å². The number of hydrogen-bond acceptors (Lipinski definition) is 5. The quantitative estimate of drug-likeness (QED) is 0.574. The Hall–Kier alpha value is -2.50. The van der Waals surface area contributed by atoms with Crippen molar-refractivity contribution < 1.29 is 24.0 Å². The van der Waals surface area contributed by atoms with Gasteiger partial charge in [-0.1, -0.05) is 45.0 Å². The highest BCUT2D eigenvalue weighted by Crippen LogP contribution is 2.22. The van der Waals surface area contributed by atoms with Gasteiger partial charge in [-0.15, -0.1) is 4.74 Å². The number of aliphatic carboxylic acids is 1. The van der Waals surface area contributed by atoms with E-state index >= 15 is 0 Å². The summed E-state index contributed by atoms with van der Waals surface area (Å²) in [6.45, 7) is 5.49. The third kappa shape index (κ3) is 6.80. The number of benzene rings is 1. The molecule has 0 fully saturated rings. The van der Waals surface area contributed by atoms with Gasteiger partial charge in [0.25, 0.3) is 0 Å². The minimum absolute atomic E-state index is 0.130. The molecule has 1 unspecified atom stereocenters. The van der Waals surface area contributed by atoms with Crippen molar-refractivity contribution in [2.75, 3.05) is 6.16 Å². The first-order chi connectivity index (χ1) is 13.8. The lowest BCUT2D eigenvalue weighted by molar-refractivity contribution is -0.156. The van der Waals surface area contributed by atoms with Crippen LogP contribution in [0.25, 0.3) is 11.3 Å². The van der Waals surface area contributed by atoms with Crippen molar-refractivity contribution in [3.63, 3.8) is 0 Å². The molecule has 0 saturated heterocycles. The molecule has 0 saturated carbocycles. The molecule has 1 amide bonds. The standard InChI is InChI=1S/C21H27N2O5P/c1-4-12-29(27)23-19(14(2)3)20(24)22-17(21(25)26)13-15-7-9-16(10-8-15)18-6-5-11-28-18/h5-11,14,17,19H,4,12-13H2,1-3H3,(H,22,24)(H,25,26)/t17-,19-/m0/s1. The molecule has 2 rings (SSSR count). The topological polar surface area (TPSA) is 115 Å². The van der Waals surface area contributed by atoms with Crippen LogP contribution in [0.4, 0.5) is 0 Å². The largest absolute Gasteiger partial charge is 0.612 e. The van der Waals surface area contributed by atoms with E-state index in [1.165, 1.54) is 0 Å². The number of carbonyl (C=O) groups is 2. The van der Waals surface area contributed by atoms with Gasteiger partial charge in [0, 0.05) is 12.0 Å². The van der Waals surface area contributed by atoms with Gasteiger partial charge in [0.15, 0.2) is 14.0 Å². The Morgan fingerprint density at radius 3 is 2.45 bits per heavy atom. The molecule has 0 bridgehead atoms. The normalized spacial score (nSPS) is 13.9. The SMILES string of the molecule is CCC[P+]([O-])=N[C@H](C(=O)N[C@@H](Cc1ccc(-c2ccco2)cc1)C(=O)O)C(C)C. The predicted molar refractivity (Wildman–Crippen MR) is 111 cm³/mol. The van der Waals surface area contributed by atoms with E-state index in [1.54, 1.807) is 26.2 Å². The fraction of sp³-hybridized carbons (Fsp3) is 0.429. The van der Waals surface area contributed by atoms with E-state index in [9.17, 15) is 19.6 Å². The van der Waals surface area contributed by atoms with Gasteiger partial charge in [-0.05, 0) is 30.0 Å². The molecule has 0 aliphatic rings. The average Bonchev–Trinajstić information content (AvgIpc) is 3.20. The lowest BCUT2D eigenvalue weighted by Gasteiger charge is -2.19. The zero-order valence-electron chi connectivity index (χ0n) is 16.9. The smallest absolute Gasteiger partial charge is 0.326 e. The van der Waals surface area contributed by atoms with E-state index in [-0.39, 0.29) is 12.3 Å². The van der Waals surface area contributed by atoms with E-state index in [0.29, 0.717) is 12.6 Å². The van der Waals surface area contributed by atoms with Crippen molar-refractivity contribution in [1.29, 1.82) is 0 Å². The highest BCUT2D eigenvalue weighted by Gasteiger charge is 2.29. The Morgan fingerprint density at radius 2 is 1.93 bits per heavy atom. The van der Waals surface area contributed by atoms with Gasteiger partial charge in [0.2, 0.25) is 5.91 Å². The summed E-state index contributed by atoms with van der Waals surface area (Å²) in [5.74, 6) is -1.11. The van der Waals surface area contributed by atoms with Crippen LogP contribution in [-0.4, -0.2) is 35.2 Å². The summed E-state index contributed by atoms with van der Waals surface area (Å²) < 4.78 is 9.46. The van der Waals surface area contributed by atoms with Crippen molar-refractivity contribution >= 4 is 19.8 Å². The van der Waals surface area contributed by atoms with Crippen LogP contribution in [0.15, 0.2) is 51.8 Å². The maximum Gasteiger partial charge on any atom is 0.326 e. The van der Waals surface area contributed by atoms with Crippen LogP contribution in [0.3, 0.4) is 0 Å². The molecule has 0 radical (unpaired) electrons. The minimum Gasteiger partial charge on any atom is -0.612 e. The van der Waals surface area contributed by atoms with Gasteiger partial charge in [0.1, 0.15) is 18.0 Å². The molecule has 0 aliphatic carbocycles. The number of furan rings is 1. The summed E-state index contributed by atoms with van der Waals surface area (Å²) in [4.78, 5) is 36.3. The zero-order valence-corrected chi connectivity index (χ0v) is 17.8. The summed E-state index contributed by atoms with van der Waals surface area (Å²) in [7, 11) is -1.84. The third-order valence-corrected chi connectivity index (χ3v) is 5.72. The summed E-state index contributed by atoms with van der Waals surface area (Å²) in [6, 6.07) is 9.00. The maximum absolute atomic E-state index is 12.6.